The number of H-pyrrole nitrogens is 2. The van der Waals surface area contributed by atoms with Crippen LogP contribution in [-0.4, -0.2) is 21.0 Å². The minimum absolute atomic E-state index is 0.215. The Morgan fingerprint density at radius 2 is 2.00 bits per heavy atom. The van der Waals surface area contributed by atoms with Gasteiger partial charge in [0.25, 0.3) is 11.5 Å². The molecule has 0 aliphatic heterocycles. The summed E-state index contributed by atoms with van der Waals surface area (Å²) in [6.45, 7) is -0.238. The van der Waals surface area contributed by atoms with Crippen molar-refractivity contribution < 1.29 is 9.90 Å². The quantitative estimate of drug-likeness (QED) is 0.612. The molecular weight excluding hydrogens is 250 g/mol. The molecule has 19 heavy (non-hydrogen) atoms. The second-order valence-corrected chi connectivity index (χ2v) is 3.75. The van der Waals surface area contributed by atoms with Crippen molar-refractivity contribution in [2.45, 2.75) is 6.61 Å². The molecule has 0 atom stereocenters. The zero-order valence-electron chi connectivity index (χ0n) is 9.77. The van der Waals surface area contributed by atoms with Crippen molar-refractivity contribution in [2.75, 3.05) is 5.32 Å². The van der Waals surface area contributed by atoms with Crippen molar-refractivity contribution >= 4 is 11.6 Å². The first-order chi connectivity index (χ1) is 9.11. The number of carbonyl (C=O) groups excluding carboxylic acids is 1. The van der Waals surface area contributed by atoms with Gasteiger partial charge in [-0.25, -0.2) is 4.79 Å². The third kappa shape index (κ3) is 2.78. The lowest BCUT2D eigenvalue weighted by Crippen LogP contribution is -2.29. The zero-order chi connectivity index (χ0) is 13.8. The van der Waals surface area contributed by atoms with Gasteiger partial charge >= 0.3 is 5.69 Å². The number of nitrogens with one attached hydrogen (secondary N) is 3. The molecule has 1 aromatic carbocycles. The van der Waals surface area contributed by atoms with Crippen molar-refractivity contribution in [2.24, 2.45) is 0 Å². The first kappa shape index (κ1) is 12.8. The summed E-state index contributed by atoms with van der Waals surface area (Å²) in [6, 6.07) is 6.65. The predicted molar refractivity (Wildman–Crippen MR) is 68.0 cm³/mol. The van der Waals surface area contributed by atoms with Crippen molar-refractivity contribution in [1.29, 1.82) is 0 Å². The molecule has 0 aliphatic rings. The number of carbonyl (C=O) groups is 1. The molecule has 0 saturated carbocycles. The van der Waals surface area contributed by atoms with Crippen LogP contribution in [0.2, 0.25) is 0 Å². The number of aliphatic hydroxyl groups excluding tert-OH is 1. The Hall–Kier alpha value is -2.67. The SMILES string of the molecule is O=C(Nc1ccccc1CO)c1c[nH]c(=O)[nH]c1=O. The van der Waals surface area contributed by atoms with Gasteiger partial charge in [-0.1, -0.05) is 18.2 Å². The molecule has 0 radical (unpaired) electrons. The minimum Gasteiger partial charge on any atom is -0.392 e. The highest BCUT2D eigenvalue weighted by atomic mass is 16.3. The number of rotatable bonds is 3. The van der Waals surface area contributed by atoms with Gasteiger partial charge in [0.2, 0.25) is 0 Å². The Kier molecular flexibility index (Phi) is 3.58. The van der Waals surface area contributed by atoms with E-state index >= 15 is 0 Å². The number of aromatic nitrogens is 2. The third-order valence-electron chi connectivity index (χ3n) is 2.50. The van der Waals surface area contributed by atoms with Crippen LogP contribution in [-0.2, 0) is 6.61 Å². The molecule has 1 aromatic heterocycles. The Morgan fingerprint density at radius 3 is 2.68 bits per heavy atom. The number of aliphatic hydroxyl groups is 1. The summed E-state index contributed by atoms with van der Waals surface area (Å²) in [5.41, 5.74) is -0.746. The summed E-state index contributed by atoms with van der Waals surface area (Å²) >= 11 is 0. The van der Waals surface area contributed by atoms with E-state index in [2.05, 4.69) is 10.3 Å². The highest BCUT2D eigenvalue weighted by molar-refractivity contribution is 6.04. The Bertz CT molecular complexity index is 717. The summed E-state index contributed by atoms with van der Waals surface area (Å²) in [5, 5.41) is 11.6. The third-order valence-corrected chi connectivity index (χ3v) is 2.50. The standard InChI is InChI=1S/C12H11N3O4/c16-6-7-3-1-2-4-9(7)14-10(17)8-5-13-12(19)15-11(8)18/h1-5,16H,6H2,(H,14,17)(H2,13,15,18,19). The van der Waals surface area contributed by atoms with Crippen LogP contribution in [0.1, 0.15) is 15.9 Å². The molecule has 2 aromatic rings. The number of amides is 1. The van der Waals surface area contributed by atoms with Crippen molar-refractivity contribution in [3.8, 4) is 0 Å². The Balaban J connectivity index is 2.31. The number of benzene rings is 1. The first-order valence-electron chi connectivity index (χ1n) is 5.44. The normalized spacial score (nSPS) is 10.2. The van der Waals surface area contributed by atoms with Crippen LogP contribution < -0.4 is 16.6 Å². The second kappa shape index (κ2) is 5.32. The van der Waals surface area contributed by atoms with Gasteiger partial charge in [-0.05, 0) is 6.07 Å². The fourth-order valence-corrected chi connectivity index (χ4v) is 1.55. The maximum Gasteiger partial charge on any atom is 0.325 e. The van der Waals surface area contributed by atoms with E-state index in [0.29, 0.717) is 11.3 Å². The smallest absolute Gasteiger partial charge is 0.325 e. The molecular formula is C12H11N3O4. The Morgan fingerprint density at radius 1 is 1.26 bits per heavy atom. The number of anilines is 1. The van der Waals surface area contributed by atoms with E-state index in [9.17, 15) is 14.4 Å². The van der Waals surface area contributed by atoms with Crippen LogP contribution in [0.5, 0.6) is 0 Å². The highest BCUT2D eigenvalue weighted by Crippen LogP contribution is 2.15. The summed E-state index contributed by atoms with van der Waals surface area (Å²) < 4.78 is 0. The molecule has 0 spiro atoms. The number of hydrogen-bond acceptors (Lipinski definition) is 4. The average molecular weight is 261 g/mol. The maximum atomic E-state index is 11.9. The van der Waals surface area contributed by atoms with Crippen LogP contribution in [0.25, 0.3) is 0 Å². The van der Waals surface area contributed by atoms with Crippen LogP contribution in [0.3, 0.4) is 0 Å². The summed E-state index contributed by atoms with van der Waals surface area (Å²) in [4.78, 5) is 38.3. The fourth-order valence-electron chi connectivity index (χ4n) is 1.55. The topological polar surface area (TPSA) is 115 Å². The lowest BCUT2D eigenvalue weighted by Gasteiger charge is -2.08. The minimum atomic E-state index is -0.775. The summed E-state index contributed by atoms with van der Waals surface area (Å²) in [6.07, 6.45) is 1.04. The zero-order valence-corrected chi connectivity index (χ0v) is 9.77. The fraction of sp³-hybridized carbons (Fsp3) is 0.0833. The molecule has 0 fully saturated rings. The molecule has 1 heterocycles. The van der Waals surface area contributed by atoms with Gasteiger partial charge in [0.1, 0.15) is 5.56 Å². The van der Waals surface area contributed by atoms with Gasteiger partial charge in [-0.2, -0.15) is 0 Å². The van der Waals surface area contributed by atoms with Crippen LogP contribution in [0, 0.1) is 0 Å². The molecule has 4 N–H and O–H groups in total. The number of hydrogen-bond donors (Lipinski definition) is 4. The van der Waals surface area contributed by atoms with E-state index in [1.165, 1.54) is 0 Å². The van der Waals surface area contributed by atoms with Crippen LogP contribution in [0.15, 0.2) is 40.1 Å². The highest BCUT2D eigenvalue weighted by Gasteiger charge is 2.12. The van der Waals surface area contributed by atoms with E-state index in [1.807, 2.05) is 4.98 Å². The monoisotopic (exact) mass is 261 g/mol. The Labute approximate surface area is 106 Å². The molecule has 0 aliphatic carbocycles. The molecule has 7 nitrogen and oxygen atoms in total. The second-order valence-electron chi connectivity index (χ2n) is 3.75. The van der Waals surface area contributed by atoms with E-state index < -0.39 is 17.2 Å². The van der Waals surface area contributed by atoms with Crippen molar-refractivity contribution in [3.63, 3.8) is 0 Å². The van der Waals surface area contributed by atoms with Crippen molar-refractivity contribution in [1.82, 2.24) is 9.97 Å². The summed E-state index contributed by atoms with van der Waals surface area (Å²) in [5.74, 6) is -0.668. The van der Waals surface area contributed by atoms with E-state index in [4.69, 9.17) is 5.11 Å². The van der Waals surface area contributed by atoms with Gasteiger partial charge in [-0.3, -0.25) is 14.6 Å². The molecule has 0 bridgehead atoms. The molecule has 0 unspecified atom stereocenters. The first-order valence-corrected chi connectivity index (χ1v) is 5.44. The summed E-state index contributed by atoms with van der Waals surface area (Å²) in [7, 11) is 0. The maximum absolute atomic E-state index is 11.9. The van der Waals surface area contributed by atoms with Crippen LogP contribution >= 0.6 is 0 Å². The molecule has 98 valence electrons. The number of aromatic amines is 2. The molecule has 2 rings (SSSR count). The van der Waals surface area contributed by atoms with Crippen LogP contribution in [0.4, 0.5) is 5.69 Å². The molecule has 7 heteroatoms. The predicted octanol–water partition coefficient (Wildman–Crippen LogP) is -0.192. The largest absolute Gasteiger partial charge is 0.392 e. The van der Waals surface area contributed by atoms with E-state index in [-0.39, 0.29) is 12.2 Å². The lowest BCUT2D eigenvalue weighted by molar-refractivity contribution is 0.102. The van der Waals surface area contributed by atoms with Gasteiger partial charge in [0.15, 0.2) is 0 Å². The van der Waals surface area contributed by atoms with E-state index in [1.54, 1.807) is 24.3 Å². The van der Waals surface area contributed by atoms with Gasteiger partial charge < -0.3 is 15.4 Å². The molecule has 0 saturated heterocycles. The van der Waals surface area contributed by atoms with Gasteiger partial charge in [0.05, 0.1) is 6.61 Å². The van der Waals surface area contributed by atoms with Gasteiger partial charge in [0, 0.05) is 17.4 Å². The van der Waals surface area contributed by atoms with Crippen molar-refractivity contribution in [3.05, 3.63) is 62.4 Å². The average Bonchev–Trinajstić information content (AvgIpc) is 2.39. The van der Waals surface area contributed by atoms with E-state index in [0.717, 1.165) is 6.20 Å². The van der Waals surface area contributed by atoms with Gasteiger partial charge in [-0.15, -0.1) is 0 Å². The lowest BCUT2D eigenvalue weighted by atomic mass is 10.2. The number of para-hydroxylation sites is 1. The molecule has 1 amide bonds.